The van der Waals surface area contributed by atoms with E-state index in [0.717, 1.165) is 11.8 Å². The summed E-state index contributed by atoms with van der Waals surface area (Å²) in [6, 6.07) is 9.10. The number of carbonyl (C=O) groups is 2. The van der Waals surface area contributed by atoms with Crippen LogP contribution in [0.1, 0.15) is 31.2 Å². The molecular weight excluding hydrogens is 487 g/mol. The van der Waals surface area contributed by atoms with Gasteiger partial charge in [0.25, 0.3) is 0 Å². The lowest BCUT2D eigenvalue weighted by Gasteiger charge is -2.45. The lowest BCUT2D eigenvalue weighted by molar-refractivity contribution is -0.135. The first kappa shape index (κ1) is 26.0. The highest BCUT2D eigenvalue weighted by Gasteiger charge is 2.56. The van der Waals surface area contributed by atoms with Crippen LogP contribution in [0.4, 0.5) is 15.0 Å². The van der Waals surface area contributed by atoms with Crippen molar-refractivity contribution in [1.82, 2.24) is 15.2 Å². The molecule has 0 unspecified atom stereocenters. The fraction of sp³-hybridized carbons (Fsp3) is 0.480. The van der Waals surface area contributed by atoms with Crippen molar-refractivity contribution in [3.05, 3.63) is 54.0 Å². The van der Waals surface area contributed by atoms with E-state index in [-0.39, 0.29) is 29.7 Å². The molecule has 0 saturated carbocycles. The van der Waals surface area contributed by atoms with Gasteiger partial charge in [0.05, 0.1) is 4.90 Å². The van der Waals surface area contributed by atoms with Crippen LogP contribution in [-0.2, 0) is 14.6 Å². The summed E-state index contributed by atoms with van der Waals surface area (Å²) in [7, 11) is -3.34. The summed E-state index contributed by atoms with van der Waals surface area (Å²) in [5.74, 6) is -0.669. The van der Waals surface area contributed by atoms with Crippen molar-refractivity contribution in [2.24, 2.45) is 5.92 Å². The maximum atomic E-state index is 14.2. The summed E-state index contributed by atoms with van der Waals surface area (Å²) in [5, 5.41) is 13.3. The zero-order valence-corrected chi connectivity index (χ0v) is 21.2. The van der Waals surface area contributed by atoms with Crippen molar-refractivity contribution in [2.75, 3.05) is 43.9 Å². The Morgan fingerprint density at radius 1 is 1.19 bits per heavy atom. The van der Waals surface area contributed by atoms with Gasteiger partial charge in [0.2, 0.25) is 0 Å². The van der Waals surface area contributed by atoms with E-state index in [1.807, 2.05) is 4.90 Å². The molecular formula is C25H31FN4O5S. The number of piperidine rings is 1. The van der Waals surface area contributed by atoms with Gasteiger partial charge in [-0.05, 0) is 49.6 Å². The summed E-state index contributed by atoms with van der Waals surface area (Å²) in [6.07, 6.45) is 2.34. The van der Waals surface area contributed by atoms with Gasteiger partial charge in [-0.25, -0.2) is 22.6 Å². The summed E-state index contributed by atoms with van der Waals surface area (Å²) < 4.78 is 37.0. The molecule has 0 spiro atoms. The second-order valence-electron chi connectivity index (χ2n) is 9.44. The Kier molecular flexibility index (Phi) is 7.33. The van der Waals surface area contributed by atoms with E-state index < -0.39 is 33.2 Å². The molecule has 3 heterocycles. The van der Waals surface area contributed by atoms with Crippen molar-refractivity contribution < 1.29 is 27.5 Å². The number of nitrogens with zero attached hydrogens (tertiary/aromatic N) is 3. The fourth-order valence-corrected chi connectivity index (χ4v) is 6.11. The number of sulfone groups is 1. The number of hydrogen-bond acceptors (Lipinski definition) is 7. The highest BCUT2D eigenvalue weighted by molar-refractivity contribution is 7.90. The lowest BCUT2D eigenvalue weighted by Crippen LogP contribution is -2.63. The molecule has 1 aromatic heterocycles. The van der Waals surface area contributed by atoms with E-state index in [0.29, 0.717) is 38.3 Å². The number of benzene rings is 1. The summed E-state index contributed by atoms with van der Waals surface area (Å²) in [6.45, 7) is 3.55. The fourth-order valence-electron chi connectivity index (χ4n) is 5.55. The molecule has 0 aliphatic carbocycles. The molecule has 0 bridgehead atoms. The number of Topliss-reactive ketones (excluding diaryl/α,β-unsaturated/α-hetero) is 1. The molecule has 2 N–H and O–H groups in total. The molecule has 2 saturated heterocycles. The van der Waals surface area contributed by atoms with Crippen molar-refractivity contribution in [1.29, 1.82) is 0 Å². The number of ketones is 1. The second kappa shape index (κ2) is 10.1. The molecule has 1 amide bonds. The third-order valence-electron chi connectivity index (χ3n) is 7.39. The van der Waals surface area contributed by atoms with Crippen LogP contribution in [0.3, 0.4) is 0 Å². The molecule has 194 valence electrons. The molecule has 2 fully saturated rings. The first-order valence-corrected chi connectivity index (χ1v) is 13.9. The molecule has 0 radical (unpaired) electrons. The predicted octanol–water partition coefficient (Wildman–Crippen LogP) is 2.54. The van der Waals surface area contributed by atoms with Gasteiger partial charge < -0.3 is 15.3 Å². The largest absolute Gasteiger partial charge is 0.465 e. The van der Waals surface area contributed by atoms with Crippen LogP contribution in [0.2, 0.25) is 0 Å². The van der Waals surface area contributed by atoms with Crippen LogP contribution in [0, 0.1) is 11.7 Å². The maximum absolute atomic E-state index is 14.2. The number of likely N-dealkylation sites (N-methyl/N-ethyl adjacent to an activating group) is 1. The maximum Gasteiger partial charge on any atom is 0.408 e. The monoisotopic (exact) mass is 518 g/mol. The molecule has 2 aliphatic rings. The summed E-state index contributed by atoms with van der Waals surface area (Å²) in [5.41, 5.74) is -0.567. The van der Waals surface area contributed by atoms with Crippen LogP contribution in [0.25, 0.3) is 0 Å². The summed E-state index contributed by atoms with van der Waals surface area (Å²) in [4.78, 5) is 34.1. The van der Waals surface area contributed by atoms with Crippen LogP contribution < -0.4 is 10.2 Å². The van der Waals surface area contributed by atoms with E-state index in [1.54, 1.807) is 25.1 Å². The second-order valence-corrected chi connectivity index (χ2v) is 11.5. The van der Waals surface area contributed by atoms with Gasteiger partial charge >= 0.3 is 6.09 Å². The standard InChI is InChI=1S/C25H31FN4O5S/c1-3-30(24(32)33)25(16-27-15-21(25)17-4-6-19(26)7-5-17)23(31)18-10-12-29(13-11-18)22-9-8-20(14-28-22)36(2,34)35/h4-9,14,18,21,27H,3,10-13,15-16H2,1-2H3,(H,32,33)/t21-,25+/m0/s1. The number of aromatic nitrogens is 1. The molecule has 2 atom stereocenters. The predicted molar refractivity (Wildman–Crippen MR) is 132 cm³/mol. The topological polar surface area (TPSA) is 120 Å². The van der Waals surface area contributed by atoms with Crippen LogP contribution >= 0.6 is 0 Å². The number of halogens is 1. The minimum absolute atomic E-state index is 0.119. The third kappa shape index (κ3) is 4.81. The van der Waals surface area contributed by atoms with Gasteiger partial charge in [0, 0.05) is 57.0 Å². The van der Waals surface area contributed by atoms with Gasteiger partial charge in [-0.15, -0.1) is 0 Å². The summed E-state index contributed by atoms with van der Waals surface area (Å²) >= 11 is 0. The Morgan fingerprint density at radius 3 is 2.39 bits per heavy atom. The van der Waals surface area contributed by atoms with Crippen molar-refractivity contribution in [2.45, 2.75) is 36.1 Å². The number of nitrogens with one attached hydrogen (secondary N) is 1. The van der Waals surface area contributed by atoms with Gasteiger partial charge in [0.15, 0.2) is 15.6 Å². The lowest BCUT2D eigenvalue weighted by atomic mass is 9.71. The van der Waals surface area contributed by atoms with E-state index in [9.17, 15) is 27.5 Å². The van der Waals surface area contributed by atoms with Gasteiger partial charge in [-0.2, -0.15) is 0 Å². The normalized spacial score (nSPS) is 23.0. The smallest absolute Gasteiger partial charge is 0.408 e. The minimum atomic E-state index is -3.34. The van der Waals surface area contributed by atoms with E-state index in [2.05, 4.69) is 10.3 Å². The number of carbonyl (C=O) groups excluding carboxylic acids is 1. The molecule has 2 aromatic rings. The van der Waals surface area contributed by atoms with Crippen molar-refractivity contribution in [3.8, 4) is 0 Å². The average Bonchev–Trinajstić information content (AvgIpc) is 3.29. The SMILES string of the molecule is CCN(C(=O)O)[C@]1(C(=O)C2CCN(c3ccc(S(C)(=O)=O)cn3)CC2)CNC[C@H]1c1ccc(F)cc1. The Labute approximate surface area is 210 Å². The molecule has 2 aliphatic heterocycles. The first-order chi connectivity index (χ1) is 17.1. The minimum Gasteiger partial charge on any atom is -0.465 e. The average molecular weight is 519 g/mol. The Morgan fingerprint density at radius 2 is 1.86 bits per heavy atom. The van der Waals surface area contributed by atoms with Crippen LogP contribution in [0.15, 0.2) is 47.5 Å². The Balaban J connectivity index is 1.58. The Bertz CT molecular complexity index is 1210. The Hall–Kier alpha value is -3.05. The van der Waals surface area contributed by atoms with E-state index in [1.165, 1.54) is 29.3 Å². The molecule has 11 heteroatoms. The van der Waals surface area contributed by atoms with E-state index >= 15 is 0 Å². The number of hydrogen-bond donors (Lipinski definition) is 2. The molecule has 9 nitrogen and oxygen atoms in total. The number of anilines is 1. The van der Waals surface area contributed by atoms with Crippen LogP contribution in [-0.4, -0.2) is 79.8 Å². The number of amides is 1. The number of rotatable bonds is 7. The number of pyridine rings is 1. The zero-order valence-electron chi connectivity index (χ0n) is 20.4. The van der Waals surface area contributed by atoms with Gasteiger partial charge in [-0.1, -0.05) is 12.1 Å². The van der Waals surface area contributed by atoms with Crippen molar-refractivity contribution in [3.63, 3.8) is 0 Å². The highest BCUT2D eigenvalue weighted by Crippen LogP contribution is 2.41. The van der Waals surface area contributed by atoms with Gasteiger partial charge in [-0.3, -0.25) is 9.69 Å². The third-order valence-corrected chi connectivity index (χ3v) is 8.48. The molecule has 1 aromatic carbocycles. The van der Waals surface area contributed by atoms with Crippen LogP contribution in [0.5, 0.6) is 0 Å². The molecule has 36 heavy (non-hydrogen) atoms. The highest BCUT2D eigenvalue weighted by atomic mass is 32.2. The van der Waals surface area contributed by atoms with Gasteiger partial charge in [0.1, 0.15) is 17.2 Å². The molecule has 4 rings (SSSR count). The number of carboxylic acid groups (broad SMARTS) is 1. The van der Waals surface area contributed by atoms with E-state index in [4.69, 9.17) is 0 Å². The van der Waals surface area contributed by atoms with Crippen molar-refractivity contribution >= 4 is 27.5 Å². The quantitative estimate of drug-likeness (QED) is 0.574. The zero-order chi connectivity index (χ0) is 26.1. The first-order valence-electron chi connectivity index (χ1n) is 12.0.